The number of hydrazine groups is 1. The van der Waals surface area contributed by atoms with E-state index in [0.717, 1.165) is 17.7 Å². The molecule has 0 radical (unpaired) electrons. The van der Waals surface area contributed by atoms with Crippen molar-refractivity contribution >= 4 is 28.6 Å². The Labute approximate surface area is 281 Å². The van der Waals surface area contributed by atoms with Crippen LogP contribution in [0.4, 0.5) is 24.5 Å². The largest absolute Gasteiger partial charge is 0.504 e. The van der Waals surface area contributed by atoms with Crippen molar-refractivity contribution in [3.8, 4) is 5.75 Å². The van der Waals surface area contributed by atoms with E-state index < -0.39 is 29.5 Å². The van der Waals surface area contributed by atoms with Crippen LogP contribution in [0.15, 0.2) is 29.3 Å². The molecule has 0 unspecified atom stereocenters. The molecule has 0 aromatic carbocycles. The minimum absolute atomic E-state index is 0.0215. The standard InChI is InChI=1S/C31H32F3N11O5/c1-16-14-22(45(49)39-20-4-5-21(31(32,33)34)37-17(20)2)43-24(16)25(29(48)44-30(43)38-27(40-44)19-6-12-50-13-7-19)41-8-10-42(11-9-41)28(47)23-26(46)18(3)35-15-36-23/h4-6,15-16,22H,7-14H2,1-3H3,(H-,39,46,47,49)/p+1/t16-,22+/m1/s1. The first kappa shape index (κ1) is 33.1. The molecule has 0 spiro atoms. The fourth-order valence-electron chi connectivity index (χ4n) is 6.63. The number of nitroso groups, excluding NO2 is 1. The van der Waals surface area contributed by atoms with Crippen molar-refractivity contribution in [3.05, 3.63) is 74.1 Å². The quantitative estimate of drug-likeness (QED) is 0.223. The molecule has 3 aliphatic heterocycles. The number of anilines is 2. The molecule has 262 valence electrons. The van der Waals surface area contributed by atoms with Crippen LogP contribution in [0.25, 0.3) is 11.4 Å². The van der Waals surface area contributed by atoms with Gasteiger partial charge in [0.15, 0.2) is 17.3 Å². The number of ether oxygens (including phenoxy) is 1. The van der Waals surface area contributed by atoms with E-state index in [9.17, 15) is 32.8 Å². The highest BCUT2D eigenvalue weighted by atomic mass is 19.4. The van der Waals surface area contributed by atoms with E-state index in [2.05, 4.69) is 25.5 Å². The molecule has 0 bridgehead atoms. The van der Waals surface area contributed by atoms with Crippen molar-refractivity contribution in [1.82, 2.24) is 39.0 Å². The zero-order valence-corrected chi connectivity index (χ0v) is 27.3. The third-order valence-electron chi connectivity index (χ3n) is 9.25. The van der Waals surface area contributed by atoms with Gasteiger partial charge in [0.05, 0.1) is 35.2 Å². The molecule has 1 saturated heterocycles. The predicted octanol–water partition coefficient (Wildman–Crippen LogP) is 3.00. The number of pyridine rings is 1. The van der Waals surface area contributed by atoms with Gasteiger partial charge in [-0.2, -0.15) is 22.7 Å². The second kappa shape index (κ2) is 12.5. The Kier molecular flexibility index (Phi) is 8.23. The van der Waals surface area contributed by atoms with Crippen LogP contribution in [-0.2, 0) is 10.9 Å². The number of carbonyl (C=O) groups is 1. The second-order valence-corrected chi connectivity index (χ2v) is 12.4. The maximum Gasteiger partial charge on any atom is 0.433 e. The van der Waals surface area contributed by atoms with Crippen LogP contribution in [0.1, 0.15) is 70.9 Å². The fraction of sp³-hybridized carbons (Fsp3) is 0.452. The van der Waals surface area contributed by atoms with Crippen LogP contribution in [-0.4, -0.2) is 94.3 Å². The summed E-state index contributed by atoms with van der Waals surface area (Å²) in [5, 5.41) is 15.0. The van der Waals surface area contributed by atoms with Crippen molar-refractivity contribution < 1.29 is 32.7 Å². The molecule has 4 aromatic heterocycles. The number of aryl methyl sites for hydroxylation is 2. The monoisotopic (exact) mass is 696 g/mol. The molecule has 2 atom stereocenters. The molecule has 2 N–H and O–H groups in total. The van der Waals surface area contributed by atoms with E-state index in [4.69, 9.17) is 9.72 Å². The van der Waals surface area contributed by atoms with Crippen LogP contribution >= 0.6 is 0 Å². The molecule has 16 nitrogen and oxygen atoms in total. The van der Waals surface area contributed by atoms with Gasteiger partial charge in [-0.15, -0.1) is 10.5 Å². The smallest absolute Gasteiger partial charge is 0.433 e. The summed E-state index contributed by atoms with van der Waals surface area (Å²) in [7, 11) is 0. The van der Waals surface area contributed by atoms with Crippen molar-refractivity contribution in [2.45, 2.75) is 51.9 Å². The average molecular weight is 697 g/mol. The number of halogens is 3. The third kappa shape index (κ3) is 5.69. The number of nitrogens with zero attached hydrogens (tertiary/aromatic N) is 10. The molecule has 4 aromatic rings. The number of amides is 1. The summed E-state index contributed by atoms with van der Waals surface area (Å²) in [4.78, 5) is 61.6. The number of alkyl halides is 3. The van der Waals surface area contributed by atoms with Crippen molar-refractivity contribution in [3.63, 3.8) is 0 Å². The van der Waals surface area contributed by atoms with Gasteiger partial charge in [0.1, 0.15) is 28.3 Å². The molecule has 7 heterocycles. The zero-order chi connectivity index (χ0) is 35.5. The molecular formula is C31H33F3N11O5+. The summed E-state index contributed by atoms with van der Waals surface area (Å²) in [6.45, 7) is 6.55. The van der Waals surface area contributed by atoms with Gasteiger partial charge < -0.3 is 19.6 Å². The first-order valence-corrected chi connectivity index (χ1v) is 16.0. The lowest BCUT2D eigenvalue weighted by Gasteiger charge is -2.36. The number of fused-ring (bicyclic) bond motifs is 3. The number of piperazine rings is 1. The maximum atomic E-state index is 14.3. The molecule has 19 heteroatoms. The maximum absolute atomic E-state index is 14.3. The van der Waals surface area contributed by atoms with Gasteiger partial charge in [0.25, 0.3) is 11.5 Å². The Morgan fingerprint density at radius 1 is 1.10 bits per heavy atom. The number of rotatable bonds is 6. The van der Waals surface area contributed by atoms with Crippen molar-refractivity contribution in [2.24, 2.45) is 0 Å². The Bertz CT molecular complexity index is 2120. The molecule has 7 rings (SSSR count). The van der Waals surface area contributed by atoms with Crippen LogP contribution in [0.5, 0.6) is 5.75 Å². The normalized spacial score (nSPS) is 19.4. The van der Waals surface area contributed by atoms with E-state index in [1.807, 2.05) is 17.9 Å². The average Bonchev–Trinajstić information content (AvgIpc) is 3.69. The molecule has 1 fully saturated rings. The molecule has 3 aliphatic rings. The van der Waals surface area contributed by atoms with E-state index in [1.54, 1.807) is 11.5 Å². The molecule has 0 aliphatic carbocycles. The van der Waals surface area contributed by atoms with Crippen molar-refractivity contribution in [1.29, 1.82) is 0 Å². The van der Waals surface area contributed by atoms with Gasteiger partial charge in [-0.3, -0.25) is 9.59 Å². The first-order valence-electron chi connectivity index (χ1n) is 16.0. The van der Waals surface area contributed by atoms with E-state index >= 15 is 0 Å². The number of hydrogen-bond donors (Lipinski definition) is 2. The fourth-order valence-corrected chi connectivity index (χ4v) is 6.63. The Hall–Kier alpha value is -5.46. The van der Waals surface area contributed by atoms with Gasteiger partial charge in [-0.25, -0.2) is 19.5 Å². The van der Waals surface area contributed by atoms with Gasteiger partial charge in [0, 0.05) is 38.5 Å². The lowest BCUT2D eigenvalue weighted by atomic mass is 10.0. The van der Waals surface area contributed by atoms with Crippen molar-refractivity contribution in [2.75, 3.05) is 49.7 Å². The van der Waals surface area contributed by atoms with E-state index in [0.29, 0.717) is 41.7 Å². The van der Waals surface area contributed by atoms with Gasteiger partial charge in [0.2, 0.25) is 5.78 Å². The van der Waals surface area contributed by atoms with E-state index in [-0.39, 0.29) is 72.8 Å². The molecule has 50 heavy (non-hydrogen) atoms. The number of hydrogen-bond acceptors (Lipinski definition) is 11. The summed E-state index contributed by atoms with van der Waals surface area (Å²) in [5.74, 6) is -0.634. The van der Waals surface area contributed by atoms with Crippen LogP contribution in [0, 0.1) is 18.8 Å². The lowest BCUT2D eigenvalue weighted by Crippen LogP contribution is -2.51. The van der Waals surface area contributed by atoms with Gasteiger partial charge in [-0.1, -0.05) is 13.0 Å². The zero-order valence-electron chi connectivity index (χ0n) is 27.3. The lowest BCUT2D eigenvalue weighted by molar-refractivity contribution is -0.580. The minimum Gasteiger partial charge on any atom is -0.504 e. The number of nitrogens with one attached hydrogen (secondary N) is 1. The molecule has 1 amide bonds. The Morgan fingerprint density at radius 3 is 2.54 bits per heavy atom. The Balaban J connectivity index is 1.26. The Morgan fingerprint density at radius 2 is 1.86 bits per heavy atom. The number of aromatic hydroxyl groups is 1. The summed E-state index contributed by atoms with van der Waals surface area (Å²) < 4.78 is 48.0. The highest BCUT2D eigenvalue weighted by Gasteiger charge is 2.45. The number of aromatic nitrogens is 7. The summed E-state index contributed by atoms with van der Waals surface area (Å²) in [5.41, 5.74) is 3.01. The summed E-state index contributed by atoms with van der Waals surface area (Å²) in [6.07, 6.45) is -1.81. The summed E-state index contributed by atoms with van der Waals surface area (Å²) >= 11 is 0. The van der Waals surface area contributed by atoms with Gasteiger partial charge in [-0.05, 0) is 38.0 Å². The topological polar surface area (TPSA) is 176 Å². The SMILES string of the molecule is Cc1nc(C(F)(F)F)ccc1N[N+](=O)[C@H]1C[C@@H](C)c2c(N3CCN(C(=O)c4ncnc(C)c4O)CC3)c(=O)n3nc(C4=CCOCC4)nc3n21. The highest BCUT2D eigenvalue weighted by Crippen LogP contribution is 2.42. The van der Waals surface area contributed by atoms with E-state index in [1.165, 1.54) is 22.7 Å². The first-order chi connectivity index (χ1) is 23.8. The van der Waals surface area contributed by atoms with Gasteiger partial charge >= 0.3 is 12.3 Å². The van der Waals surface area contributed by atoms with Crippen LogP contribution < -0.4 is 15.9 Å². The third-order valence-corrected chi connectivity index (χ3v) is 9.25. The molecule has 0 saturated carbocycles. The second-order valence-electron chi connectivity index (χ2n) is 12.4. The highest BCUT2D eigenvalue weighted by molar-refractivity contribution is 5.95. The number of carbonyl (C=O) groups excluding carboxylic acids is 1. The summed E-state index contributed by atoms with van der Waals surface area (Å²) in [6, 6.07) is 1.95. The molecular weight excluding hydrogens is 663 g/mol. The van der Waals surface area contributed by atoms with Crippen LogP contribution in [0.3, 0.4) is 0 Å². The minimum atomic E-state index is -4.64. The predicted molar refractivity (Wildman–Crippen MR) is 171 cm³/mol. The van der Waals surface area contributed by atoms with Crippen LogP contribution in [0.2, 0.25) is 0 Å².